The van der Waals surface area contributed by atoms with Crippen LogP contribution in [0.1, 0.15) is 101 Å². The van der Waals surface area contributed by atoms with Gasteiger partial charge in [-0.3, -0.25) is 115 Å². The summed E-state index contributed by atoms with van der Waals surface area (Å²) in [6, 6.07) is -2.49. The van der Waals surface area contributed by atoms with E-state index in [9.17, 15) is 93.0 Å². The zero-order valence-corrected chi connectivity index (χ0v) is 83.6. The predicted molar refractivity (Wildman–Crippen MR) is 536 cm³/mol. The number of aliphatic carboxylic acids is 4. The average molecular weight is 2100 g/mol. The molecule has 3 aliphatic heterocycles. The first-order valence-corrected chi connectivity index (χ1v) is 50.8. The minimum absolute atomic E-state index is 0.00435. The number of hydrogen-bond donors (Lipinski definition) is 25. The van der Waals surface area contributed by atoms with Gasteiger partial charge in [-0.25, -0.2) is 4.98 Å². The molecule has 0 saturated carbocycles. The third-order valence-corrected chi connectivity index (χ3v) is 27.9. The molecule has 3 aromatic carbocycles. The number of aromatic amines is 4. The maximum absolute atomic E-state index is 15.8. The van der Waals surface area contributed by atoms with Gasteiger partial charge in [0.2, 0.25) is 94.5 Å². The number of fused-ring (bicyclic) bond motifs is 3. The summed E-state index contributed by atoms with van der Waals surface area (Å²) in [5.41, 5.74) is 15.0. The van der Waals surface area contributed by atoms with Gasteiger partial charge in [0, 0.05) is 173 Å². The van der Waals surface area contributed by atoms with E-state index in [2.05, 4.69) is 94.0 Å². The second-order valence-corrected chi connectivity index (χ2v) is 39.2. The molecular weight excluding hydrogens is 1970 g/mol. The van der Waals surface area contributed by atoms with Gasteiger partial charge in [-0.05, 0) is 79.8 Å². The van der Waals surface area contributed by atoms with Crippen LogP contribution in [0.2, 0.25) is 0 Å². The topological polar surface area (TPSA) is 763 Å². The van der Waals surface area contributed by atoms with Gasteiger partial charge >= 0.3 is 23.9 Å². The number of imidazole rings is 1. The Morgan fingerprint density at radius 3 is 1.47 bits per heavy atom. The smallest absolute Gasteiger partial charge is 0.317 e. The van der Waals surface area contributed by atoms with Gasteiger partial charge in [0.05, 0.1) is 58.1 Å². The minimum atomic E-state index is -2.19. The van der Waals surface area contributed by atoms with Crippen molar-refractivity contribution >= 4 is 173 Å². The number of carboxylic acids is 4. The molecule has 148 heavy (non-hydrogen) atoms. The number of nitrogens with two attached hydrogens (primary N) is 2. The van der Waals surface area contributed by atoms with Gasteiger partial charge in [-0.1, -0.05) is 96.5 Å². The van der Waals surface area contributed by atoms with Crippen LogP contribution in [0.5, 0.6) is 0 Å². The number of nitrogens with one attached hydrogen (secondary N) is 17. The molecule has 0 aliphatic carbocycles. The number of amides is 16. The van der Waals surface area contributed by atoms with Crippen molar-refractivity contribution in [2.75, 3.05) is 110 Å². The SMILES string of the molecule is CC[C@H](C)[C@H](NC(=O)[C@@H](NC(=O)[C@H](Cc1c[nH]c2ccccc12)NC(C)=O)[C@@H](C)O)C(=O)N[C@H]1CSSC[C@@H](C(=O)N[C@@H](Cc2c[nH]c3ccccc23)C(=O)N2CCC[C@H]2C(=O)N[C@H](CCCCNC(=O)CN2CCN(CC(=O)O)CCN(CC(=O)O)CCN(CC(=O)O)CC2)C(N)=O)NC(=O)[C@H](CC(=O)O)NC(=O)[C@H](Cc2cnc[nH]2)NC(=O)[C@H](Cc2c[nH]c3ccccc23)NC(=O)[C@H](CC(N)=O)NC(=O)[C@H](CO)NC1=O. The largest absolute Gasteiger partial charge is 0.481 e. The molecule has 7 aromatic rings. The fraction of sp³-hybridized carbons (Fsp3) is 0.505. The van der Waals surface area contributed by atoms with Gasteiger partial charge < -0.3 is 136 Å². The molecule has 0 radical (unpaired) electrons. The molecule has 10 rings (SSSR count). The van der Waals surface area contributed by atoms with E-state index in [1.807, 2.05) is 0 Å². The first kappa shape index (κ1) is 115. The summed E-state index contributed by atoms with van der Waals surface area (Å²) in [5.74, 6) is -24.5. The summed E-state index contributed by atoms with van der Waals surface area (Å²) in [7, 11) is 1.36. The van der Waals surface area contributed by atoms with E-state index in [0.717, 1.165) is 13.8 Å². The molecule has 53 heteroatoms. The van der Waals surface area contributed by atoms with E-state index >= 15 is 33.6 Å². The zero-order valence-electron chi connectivity index (χ0n) is 82.0. The highest BCUT2D eigenvalue weighted by Gasteiger charge is 2.44. The quantitative estimate of drug-likeness (QED) is 0.0125. The molecule has 51 nitrogen and oxygen atoms in total. The highest BCUT2D eigenvalue weighted by molar-refractivity contribution is 8.76. The van der Waals surface area contributed by atoms with E-state index < -0.39 is 253 Å². The third kappa shape index (κ3) is 34.8. The molecule has 0 unspecified atom stereocenters. The number of H-pyrrole nitrogens is 4. The first-order chi connectivity index (χ1) is 70.6. The van der Waals surface area contributed by atoms with Crippen LogP contribution in [0.3, 0.4) is 0 Å². The highest BCUT2D eigenvalue weighted by atomic mass is 33.1. The number of aliphatic hydroxyl groups excluding tert-OH is 2. The first-order valence-electron chi connectivity index (χ1n) is 48.3. The van der Waals surface area contributed by atoms with Crippen molar-refractivity contribution in [1.29, 1.82) is 0 Å². The molecule has 7 heterocycles. The maximum atomic E-state index is 15.8. The van der Waals surface area contributed by atoms with Crippen molar-refractivity contribution in [2.45, 2.75) is 189 Å². The number of carbonyl (C=O) groups excluding carboxylic acids is 16. The lowest BCUT2D eigenvalue weighted by atomic mass is 9.97. The lowest BCUT2D eigenvalue weighted by Crippen LogP contribution is -2.63. The standard InChI is InChI=1S/C95H129N25O26S2/c1-5-51(2)81(114-94(145)82(52(3)122)115-88(139)65(104-53(4)123)33-54-39-100-61-18-9-6-15-58(54)61)93(144)113-73-49-148-147-48-72(112-87(138)69(38-77(126)127)109-85(136)67(36-57-42-98-50-103-57)107-84(135)66(34-55-40-101-62-19-10-7-16-59(55)62)106-86(137)68(37-75(96)124)108-89(140)71(47-121)111-91(73)142)90(141)110-70(35-56-41-102-63-20-11-8-17-60(56)63)95(146)120-24-14-22-74(120)92(143)105-64(83(97)134)21-12-13-23-99-76(125)43-116-25-27-117(44-78(128)129)29-31-119(46-80(132)133)32-30-118(28-26-116)45-79(130)131/h6-11,15-20,39-42,50-52,64-74,81-82,100-102,121-122H,5,12-14,21-38,43-49H2,1-4H3,(H2,96,124)(H2,97,134)(H,98,103)(H,99,125)(H,104,123)(H,105,143)(H,106,137)(H,107,135)(H,108,140)(H,109,136)(H,110,141)(H,111,142)(H,112,138)(H,113,144)(H,114,145)(H,115,139)(H,126,127)(H,128,129)(H,130,131)(H,132,133)/t51-,52+,64+,65-,66-,67-,68-,69-,70-,71-,72-,73-,74-,81-,82-/m0/s1. The lowest BCUT2D eigenvalue weighted by molar-refractivity contribution is -0.143. The van der Waals surface area contributed by atoms with E-state index in [0.29, 0.717) is 71.0 Å². The van der Waals surface area contributed by atoms with Crippen molar-refractivity contribution < 1.29 is 127 Å². The van der Waals surface area contributed by atoms with Crippen molar-refractivity contribution in [1.82, 2.24) is 119 Å². The number of unbranched alkanes of at least 4 members (excludes halogenated alkanes) is 1. The van der Waals surface area contributed by atoms with Crippen LogP contribution in [0.4, 0.5) is 0 Å². The Morgan fingerprint density at radius 1 is 0.493 bits per heavy atom. The van der Waals surface area contributed by atoms with Crippen molar-refractivity contribution in [3.8, 4) is 0 Å². The molecule has 0 bridgehead atoms. The summed E-state index contributed by atoms with van der Waals surface area (Å²) >= 11 is 0. The number of aromatic nitrogens is 5. The van der Waals surface area contributed by atoms with Gasteiger partial charge in [0.25, 0.3) is 0 Å². The fourth-order valence-electron chi connectivity index (χ4n) is 17.4. The average Bonchev–Trinajstić information content (AvgIpc) is 1.63. The van der Waals surface area contributed by atoms with E-state index in [1.54, 1.807) is 112 Å². The van der Waals surface area contributed by atoms with Gasteiger partial charge in [0.1, 0.15) is 78.5 Å². The predicted octanol–water partition coefficient (Wildman–Crippen LogP) is -5.64. The summed E-state index contributed by atoms with van der Waals surface area (Å²) in [6.07, 6.45) is 2.42. The Labute approximate surface area is 856 Å². The van der Waals surface area contributed by atoms with E-state index in [4.69, 9.17) is 11.5 Å². The van der Waals surface area contributed by atoms with Crippen molar-refractivity contribution in [2.24, 2.45) is 17.4 Å². The molecule has 3 fully saturated rings. The molecule has 802 valence electrons. The van der Waals surface area contributed by atoms with Crippen LogP contribution in [0, 0.1) is 5.92 Å². The number of carboxylic acid groups (broad SMARTS) is 4. The zero-order chi connectivity index (χ0) is 108. The third-order valence-electron chi connectivity index (χ3n) is 25.5. The number of aliphatic hydroxyl groups is 2. The Bertz CT molecular complexity index is 5850. The molecule has 27 N–H and O–H groups in total. The van der Waals surface area contributed by atoms with Crippen LogP contribution in [-0.4, -0.2) is 393 Å². The van der Waals surface area contributed by atoms with Gasteiger partial charge in [-0.2, -0.15) is 0 Å². The summed E-state index contributed by atoms with van der Waals surface area (Å²) in [4.78, 5) is 306. The summed E-state index contributed by atoms with van der Waals surface area (Å²) < 4.78 is 0. The number of carbonyl (C=O) groups is 20. The van der Waals surface area contributed by atoms with E-state index in [-0.39, 0.29) is 149 Å². The van der Waals surface area contributed by atoms with Crippen molar-refractivity contribution in [3.63, 3.8) is 0 Å². The second-order valence-electron chi connectivity index (χ2n) is 36.6. The van der Waals surface area contributed by atoms with Crippen LogP contribution in [0.25, 0.3) is 32.7 Å². The molecule has 4 aromatic heterocycles. The molecule has 0 spiro atoms. The van der Waals surface area contributed by atoms with Crippen LogP contribution < -0.4 is 80.6 Å². The number of rotatable bonds is 42. The van der Waals surface area contributed by atoms with Crippen molar-refractivity contribution in [3.05, 3.63) is 126 Å². The van der Waals surface area contributed by atoms with Gasteiger partial charge in [0.15, 0.2) is 0 Å². The molecular formula is C95H129N25O26S2. The lowest BCUT2D eigenvalue weighted by Gasteiger charge is -2.32. The normalized spacial score (nSPS) is 20.9. The van der Waals surface area contributed by atoms with Crippen LogP contribution in [0.15, 0.2) is 104 Å². The Hall–Kier alpha value is -14.7. The molecule has 15 atom stereocenters. The highest BCUT2D eigenvalue weighted by Crippen LogP contribution is 2.29. The van der Waals surface area contributed by atoms with E-state index in [1.165, 1.54) is 30.5 Å². The number of para-hydroxylation sites is 3. The number of benzene rings is 3. The number of primary amides is 2. The maximum Gasteiger partial charge on any atom is 0.317 e. The molecule has 16 amide bonds. The fourth-order valence-corrected chi connectivity index (χ4v) is 19.7. The molecule has 3 saturated heterocycles. The van der Waals surface area contributed by atoms with Crippen LogP contribution >= 0.6 is 21.6 Å². The Morgan fingerprint density at radius 2 is 0.966 bits per heavy atom. The summed E-state index contributed by atoms with van der Waals surface area (Å²) in [6.45, 7) is 4.02. The Kier molecular flexibility index (Phi) is 43.9. The number of hydrogen-bond acceptors (Lipinski definition) is 29. The minimum Gasteiger partial charge on any atom is -0.481 e. The van der Waals surface area contributed by atoms with Crippen LogP contribution in [-0.2, 0) is 122 Å². The summed E-state index contributed by atoms with van der Waals surface area (Å²) in [5, 5.41) is 96.7. The number of nitrogens with zero attached hydrogens (tertiary/aromatic N) is 6. The molecule has 3 aliphatic rings. The van der Waals surface area contributed by atoms with Gasteiger partial charge in [-0.15, -0.1) is 0 Å². The Balaban J connectivity index is 0.942. The second kappa shape index (κ2) is 56.3. The monoisotopic (exact) mass is 2100 g/mol. The number of likely N-dealkylation sites (tertiary alicyclic amines) is 1.